The van der Waals surface area contributed by atoms with Crippen molar-refractivity contribution in [1.29, 1.82) is 0 Å². The lowest BCUT2D eigenvalue weighted by Crippen LogP contribution is -2.79. The van der Waals surface area contributed by atoms with Crippen molar-refractivity contribution in [3.05, 3.63) is 0 Å². The van der Waals surface area contributed by atoms with Crippen LogP contribution in [0.5, 0.6) is 0 Å². The van der Waals surface area contributed by atoms with E-state index in [1.54, 1.807) is 0 Å². The molecule has 4 aliphatic rings. The van der Waals surface area contributed by atoms with Crippen LogP contribution in [0.1, 0.15) is 47.0 Å². The summed E-state index contributed by atoms with van der Waals surface area (Å²) in [5.41, 5.74) is -1.74. The fourth-order valence-corrected chi connectivity index (χ4v) is 5.78. The quantitative estimate of drug-likeness (QED) is 0.614. The molecule has 0 radical (unpaired) electrons. The third-order valence-electron chi connectivity index (χ3n) is 7.16. The van der Waals surface area contributed by atoms with E-state index in [1.807, 2.05) is 6.92 Å². The summed E-state index contributed by atoms with van der Waals surface area (Å²) in [5, 5.41) is 32.2. The lowest BCUT2D eigenvalue weighted by atomic mass is 9.34. The third kappa shape index (κ3) is 1.05. The standard InChI is InChI=1S/C15H26O3/c1-8-5-6-15(18)13(2,3)10-7-9(8)14(15,4)12(17)11(10)16/h8-12,16-18H,5-7H2,1-4H3/t8-,9-,10-,11+,12+,14+,15+/m1/s1. The van der Waals surface area contributed by atoms with Crippen LogP contribution in [0.2, 0.25) is 0 Å². The first-order valence-electron chi connectivity index (χ1n) is 7.26. The van der Waals surface area contributed by atoms with E-state index in [1.165, 1.54) is 0 Å². The first-order chi connectivity index (χ1) is 8.18. The Morgan fingerprint density at radius 1 is 1.06 bits per heavy atom. The highest BCUT2D eigenvalue weighted by molar-refractivity contribution is 5.24. The normalized spacial score (nSPS) is 61.8. The Morgan fingerprint density at radius 3 is 2.28 bits per heavy atom. The molecule has 3 heteroatoms. The molecule has 4 fully saturated rings. The second-order valence-corrected chi connectivity index (χ2v) is 7.76. The summed E-state index contributed by atoms with van der Waals surface area (Å²) in [6, 6.07) is 0. The molecule has 4 rings (SSSR count). The minimum atomic E-state index is -0.848. The topological polar surface area (TPSA) is 60.7 Å². The number of hydrogen-bond donors (Lipinski definition) is 3. The number of aliphatic hydroxyl groups is 3. The maximum atomic E-state index is 11.3. The van der Waals surface area contributed by atoms with Crippen LogP contribution in [0.4, 0.5) is 0 Å². The zero-order valence-corrected chi connectivity index (χ0v) is 11.8. The number of hydrogen-bond acceptors (Lipinski definition) is 3. The summed E-state index contributed by atoms with van der Waals surface area (Å²) in [4.78, 5) is 0. The van der Waals surface area contributed by atoms with Gasteiger partial charge in [-0.15, -0.1) is 0 Å². The van der Waals surface area contributed by atoms with Crippen molar-refractivity contribution < 1.29 is 15.3 Å². The highest BCUT2D eigenvalue weighted by Crippen LogP contribution is 2.71. The SMILES string of the molecule is C[C@@H]1CC[C@]2(O)C(C)(C)[C@@H]3C[C@H]1[C@@]2(C)[C@@H](O)[C@H]3O. The molecule has 0 heterocycles. The van der Waals surface area contributed by atoms with Crippen molar-refractivity contribution in [2.24, 2.45) is 28.6 Å². The monoisotopic (exact) mass is 254 g/mol. The van der Waals surface area contributed by atoms with Crippen LogP contribution in [-0.2, 0) is 0 Å². The molecule has 4 aliphatic carbocycles. The van der Waals surface area contributed by atoms with E-state index >= 15 is 0 Å². The van der Waals surface area contributed by atoms with Gasteiger partial charge in [-0.1, -0.05) is 27.7 Å². The average molecular weight is 254 g/mol. The molecule has 0 aliphatic heterocycles. The van der Waals surface area contributed by atoms with Crippen LogP contribution >= 0.6 is 0 Å². The molecule has 104 valence electrons. The summed E-state index contributed by atoms with van der Waals surface area (Å²) >= 11 is 0. The van der Waals surface area contributed by atoms with Gasteiger partial charge in [0.1, 0.15) is 0 Å². The largest absolute Gasteiger partial charge is 0.390 e. The second kappa shape index (κ2) is 3.31. The Bertz CT molecular complexity index is 380. The molecule has 18 heavy (non-hydrogen) atoms. The van der Waals surface area contributed by atoms with E-state index in [4.69, 9.17) is 0 Å². The van der Waals surface area contributed by atoms with Crippen molar-refractivity contribution in [3.63, 3.8) is 0 Å². The van der Waals surface area contributed by atoms with E-state index in [-0.39, 0.29) is 11.3 Å². The number of aliphatic hydroxyl groups excluding tert-OH is 2. The molecule has 0 saturated heterocycles. The van der Waals surface area contributed by atoms with Gasteiger partial charge in [0.05, 0.1) is 17.8 Å². The zero-order chi connectivity index (χ0) is 13.5. The molecule has 0 aromatic rings. The van der Waals surface area contributed by atoms with Crippen molar-refractivity contribution >= 4 is 0 Å². The fraction of sp³-hybridized carbons (Fsp3) is 1.00. The van der Waals surface area contributed by atoms with E-state index in [0.717, 1.165) is 19.3 Å². The van der Waals surface area contributed by atoms with Gasteiger partial charge in [-0.25, -0.2) is 0 Å². The first-order valence-corrected chi connectivity index (χ1v) is 7.26. The zero-order valence-electron chi connectivity index (χ0n) is 11.8. The fourth-order valence-electron chi connectivity index (χ4n) is 5.78. The van der Waals surface area contributed by atoms with Gasteiger partial charge in [-0.2, -0.15) is 0 Å². The predicted molar refractivity (Wildman–Crippen MR) is 68.8 cm³/mol. The molecule has 3 nitrogen and oxygen atoms in total. The Hall–Kier alpha value is -0.120. The summed E-state index contributed by atoms with van der Waals surface area (Å²) in [7, 11) is 0. The van der Waals surface area contributed by atoms with Gasteiger partial charge < -0.3 is 15.3 Å². The smallest absolute Gasteiger partial charge is 0.0885 e. The molecule has 0 spiro atoms. The van der Waals surface area contributed by atoms with Crippen molar-refractivity contribution in [2.45, 2.75) is 64.8 Å². The van der Waals surface area contributed by atoms with Gasteiger partial charge in [0.2, 0.25) is 0 Å². The Labute approximate surface area is 109 Å². The summed E-state index contributed by atoms with van der Waals surface area (Å²) in [5.74, 6) is 0.857. The van der Waals surface area contributed by atoms with Crippen LogP contribution < -0.4 is 0 Å². The van der Waals surface area contributed by atoms with Crippen LogP contribution in [0, 0.1) is 28.6 Å². The lowest BCUT2D eigenvalue weighted by Gasteiger charge is -2.74. The molecule has 3 N–H and O–H groups in total. The highest BCUT2D eigenvalue weighted by atomic mass is 16.3. The second-order valence-electron chi connectivity index (χ2n) is 7.76. The molecule has 0 unspecified atom stereocenters. The van der Waals surface area contributed by atoms with E-state index in [2.05, 4.69) is 20.8 Å². The summed E-state index contributed by atoms with van der Waals surface area (Å²) < 4.78 is 0. The van der Waals surface area contributed by atoms with Gasteiger partial charge >= 0.3 is 0 Å². The van der Waals surface area contributed by atoms with Crippen LogP contribution in [-0.4, -0.2) is 33.1 Å². The molecular weight excluding hydrogens is 228 g/mol. The molecule has 0 aromatic carbocycles. The molecule has 0 amide bonds. The van der Waals surface area contributed by atoms with Crippen molar-refractivity contribution in [2.75, 3.05) is 0 Å². The Balaban J connectivity index is 2.19. The number of rotatable bonds is 0. The van der Waals surface area contributed by atoms with Gasteiger partial charge in [0.15, 0.2) is 0 Å². The Morgan fingerprint density at radius 2 is 1.67 bits per heavy atom. The first kappa shape index (κ1) is 12.9. The van der Waals surface area contributed by atoms with Gasteiger partial charge in [0.25, 0.3) is 0 Å². The third-order valence-corrected chi connectivity index (χ3v) is 7.16. The van der Waals surface area contributed by atoms with Gasteiger partial charge in [-0.05, 0) is 42.4 Å². The van der Waals surface area contributed by atoms with Crippen LogP contribution in [0.3, 0.4) is 0 Å². The maximum absolute atomic E-state index is 11.3. The number of fused-ring (bicyclic) bond motifs is 1. The summed E-state index contributed by atoms with van der Waals surface area (Å²) in [6.45, 7) is 8.36. The van der Waals surface area contributed by atoms with E-state index in [0.29, 0.717) is 11.8 Å². The van der Waals surface area contributed by atoms with Crippen molar-refractivity contribution in [3.8, 4) is 0 Å². The highest BCUT2D eigenvalue weighted by Gasteiger charge is 2.75. The molecular formula is C15H26O3. The molecule has 4 saturated carbocycles. The lowest BCUT2D eigenvalue weighted by molar-refractivity contribution is -0.352. The Kier molecular flexibility index (Phi) is 2.37. The predicted octanol–water partition coefficient (Wildman–Crippen LogP) is 1.55. The molecule has 4 bridgehead atoms. The summed E-state index contributed by atoms with van der Waals surface area (Å²) in [6.07, 6.45) is 1.23. The van der Waals surface area contributed by atoms with Crippen LogP contribution in [0.25, 0.3) is 0 Å². The van der Waals surface area contributed by atoms with E-state index in [9.17, 15) is 15.3 Å². The van der Waals surface area contributed by atoms with Gasteiger partial charge in [0, 0.05) is 5.41 Å². The van der Waals surface area contributed by atoms with Gasteiger partial charge in [-0.3, -0.25) is 0 Å². The maximum Gasteiger partial charge on any atom is 0.0885 e. The minimum Gasteiger partial charge on any atom is -0.390 e. The van der Waals surface area contributed by atoms with E-state index < -0.39 is 23.2 Å². The molecule has 0 aromatic heterocycles. The van der Waals surface area contributed by atoms with Crippen LogP contribution in [0.15, 0.2) is 0 Å². The average Bonchev–Trinajstić information content (AvgIpc) is 2.29. The minimum absolute atomic E-state index is 0.00655. The van der Waals surface area contributed by atoms with Crippen molar-refractivity contribution in [1.82, 2.24) is 0 Å². The molecule has 7 atom stereocenters.